The van der Waals surface area contributed by atoms with Crippen molar-refractivity contribution >= 4 is 17.5 Å². The fourth-order valence-electron chi connectivity index (χ4n) is 4.47. The molecule has 4 rings (SSSR count). The highest BCUT2D eigenvalue weighted by atomic mass is 16.5. The molecule has 3 saturated heterocycles. The topological polar surface area (TPSA) is 86.0 Å². The zero-order valence-electron chi connectivity index (χ0n) is 19.4. The molecular formula is C24H34N6O2. The van der Waals surface area contributed by atoms with Crippen LogP contribution in [0.2, 0.25) is 0 Å². The van der Waals surface area contributed by atoms with Crippen LogP contribution in [-0.2, 0) is 9.47 Å². The molecule has 0 bridgehead atoms. The average Bonchev–Trinajstić information content (AvgIpc) is 2.75. The summed E-state index contributed by atoms with van der Waals surface area (Å²) in [4.78, 5) is 14.0. The molecule has 0 atom stereocenters. The van der Waals surface area contributed by atoms with Gasteiger partial charge in [-0.05, 0) is 62.0 Å². The van der Waals surface area contributed by atoms with Gasteiger partial charge in [0, 0.05) is 32.8 Å². The van der Waals surface area contributed by atoms with Gasteiger partial charge in [-0.2, -0.15) is 5.26 Å². The fraction of sp³-hybridized carbons (Fsp3) is 0.625. The summed E-state index contributed by atoms with van der Waals surface area (Å²) >= 11 is 0. The number of anilines is 2. The number of ether oxygens (including phenoxy) is 2. The number of rotatable bonds is 7. The molecule has 4 heterocycles. The lowest BCUT2D eigenvalue weighted by atomic mass is 9.88. The van der Waals surface area contributed by atoms with E-state index in [1.807, 2.05) is 6.92 Å². The molecule has 0 unspecified atom stereocenters. The Labute approximate surface area is 190 Å². The molecule has 8 nitrogen and oxygen atoms in total. The molecule has 1 N–H and O–H groups in total. The lowest BCUT2D eigenvalue weighted by molar-refractivity contribution is -0.0712. The smallest absolute Gasteiger partial charge is 0.134 e. The van der Waals surface area contributed by atoms with Gasteiger partial charge in [-0.1, -0.05) is 6.92 Å². The predicted octanol–water partition coefficient (Wildman–Crippen LogP) is 2.79. The minimum absolute atomic E-state index is 0.267. The highest BCUT2D eigenvalue weighted by molar-refractivity contribution is 6.04. The van der Waals surface area contributed by atoms with Crippen LogP contribution in [-0.4, -0.2) is 81.4 Å². The van der Waals surface area contributed by atoms with E-state index in [9.17, 15) is 5.26 Å². The van der Waals surface area contributed by atoms with Gasteiger partial charge < -0.3 is 19.7 Å². The Bertz CT molecular complexity index is 890. The fourth-order valence-corrected chi connectivity index (χ4v) is 4.47. The van der Waals surface area contributed by atoms with Crippen LogP contribution in [0.5, 0.6) is 0 Å². The van der Waals surface area contributed by atoms with Gasteiger partial charge in [-0.15, -0.1) is 0 Å². The van der Waals surface area contributed by atoms with E-state index in [4.69, 9.17) is 14.5 Å². The van der Waals surface area contributed by atoms with Crippen molar-refractivity contribution in [3.8, 4) is 6.07 Å². The maximum atomic E-state index is 9.29. The number of hydrogen-bond donors (Lipinski definition) is 1. The van der Waals surface area contributed by atoms with Crippen LogP contribution in [0.1, 0.15) is 37.7 Å². The van der Waals surface area contributed by atoms with Crippen molar-refractivity contribution in [1.29, 1.82) is 5.26 Å². The summed E-state index contributed by atoms with van der Waals surface area (Å²) in [5, 5.41) is 12.6. The number of allylic oxidation sites excluding steroid dienone is 1. The molecular weight excluding hydrogens is 404 g/mol. The Balaban J connectivity index is 1.53. The Morgan fingerprint density at radius 2 is 2.09 bits per heavy atom. The number of hydrogen-bond acceptors (Lipinski definition) is 7. The molecule has 0 radical (unpaired) electrons. The van der Waals surface area contributed by atoms with E-state index in [0.29, 0.717) is 29.8 Å². The van der Waals surface area contributed by atoms with Gasteiger partial charge in [-0.3, -0.25) is 9.89 Å². The van der Waals surface area contributed by atoms with Crippen molar-refractivity contribution in [3.63, 3.8) is 0 Å². The third-order valence-corrected chi connectivity index (χ3v) is 6.81. The molecule has 0 amide bonds. The Morgan fingerprint density at radius 3 is 2.66 bits per heavy atom. The van der Waals surface area contributed by atoms with E-state index in [1.165, 1.54) is 5.56 Å². The third kappa shape index (κ3) is 5.12. The molecule has 32 heavy (non-hydrogen) atoms. The Morgan fingerprint density at radius 1 is 1.34 bits per heavy atom. The molecule has 3 aliphatic heterocycles. The monoisotopic (exact) mass is 438 g/mol. The highest BCUT2D eigenvalue weighted by Crippen LogP contribution is 2.34. The van der Waals surface area contributed by atoms with E-state index in [1.54, 1.807) is 20.2 Å². The SMILES string of the molecule is CC/C(C#N)=C\C(=NC)Nc1cc(C2CCN(C3COC3)CC2)cc(N2CC(OC)C2)n1. The number of methoxy groups -OCH3 is 1. The lowest BCUT2D eigenvalue weighted by Gasteiger charge is -2.42. The molecule has 3 aliphatic rings. The van der Waals surface area contributed by atoms with Crippen molar-refractivity contribution in [2.75, 3.05) is 63.8 Å². The second-order valence-electron chi connectivity index (χ2n) is 8.78. The standard InChI is InChI=1S/C24H34N6O2/c1-4-17(12-25)9-22(26-2)27-23-10-19(11-24(28-23)30-13-21(14-30)31-3)18-5-7-29(8-6-18)20-15-32-16-20/h9-11,18,20-21H,4-8,13-16H2,1-3H3,(H,26,27,28)/b17-9+. The summed E-state index contributed by atoms with van der Waals surface area (Å²) < 4.78 is 10.8. The number of piperidine rings is 1. The number of nitriles is 1. The summed E-state index contributed by atoms with van der Waals surface area (Å²) in [5.74, 6) is 2.91. The Hall–Kier alpha value is -2.47. The molecule has 172 valence electrons. The van der Waals surface area contributed by atoms with Gasteiger partial charge >= 0.3 is 0 Å². The zero-order valence-corrected chi connectivity index (χ0v) is 19.4. The second kappa shape index (κ2) is 10.4. The number of aromatic nitrogens is 1. The molecule has 8 heteroatoms. The van der Waals surface area contributed by atoms with E-state index in [-0.39, 0.29) is 6.10 Å². The van der Waals surface area contributed by atoms with Gasteiger partial charge in [0.05, 0.1) is 31.4 Å². The number of nitrogens with zero attached hydrogens (tertiary/aromatic N) is 5. The van der Waals surface area contributed by atoms with Gasteiger partial charge in [-0.25, -0.2) is 4.98 Å². The van der Waals surface area contributed by atoms with Crippen LogP contribution < -0.4 is 10.2 Å². The highest BCUT2D eigenvalue weighted by Gasteiger charge is 2.32. The van der Waals surface area contributed by atoms with Gasteiger partial charge in [0.15, 0.2) is 0 Å². The van der Waals surface area contributed by atoms with Gasteiger partial charge in [0.2, 0.25) is 0 Å². The minimum Gasteiger partial charge on any atom is -0.378 e. The van der Waals surface area contributed by atoms with Crippen LogP contribution in [0.25, 0.3) is 0 Å². The van der Waals surface area contributed by atoms with Crippen molar-refractivity contribution in [1.82, 2.24) is 9.88 Å². The summed E-state index contributed by atoms with van der Waals surface area (Å²) in [6.45, 7) is 7.66. The lowest BCUT2D eigenvalue weighted by Crippen LogP contribution is -2.52. The minimum atomic E-state index is 0.267. The van der Waals surface area contributed by atoms with E-state index < -0.39 is 0 Å². The normalized spacial score (nSPS) is 21.8. The maximum absolute atomic E-state index is 9.29. The van der Waals surface area contributed by atoms with E-state index >= 15 is 0 Å². The summed E-state index contributed by atoms with van der Waals surface area (Å²) in [6.07, 6.45) is 5.03. The molecule has 0 saturated carbocycles. The predicted molar refractivity (Wildman–Crippen MR) is 126 cm³/mol. The molecule has 0 spiro atoms. The number of nitrogens with one attached hydrogen (secondary N) is 1. The van der Waals surface area contributed by atoms with E-state index in [2.05, 4.69) is 38.3 Å². The molecule has 1 aromatic rings. The van der Waals surface area contributed by atoms with Crippen molar-refractivity contribution in [2.24, 2.45) is 4.99 Å². The number of amidine groups is 1. The summed E-state index contributed by atoms with van der Waals surface area (Å²) in [5.41, 5.74) is 2.01. The van der Waals surface area contributed by atoms with E-state index in [0.717, 1.165) is 63.9 Å². The van der Waals surface area contributed by atoms with Gasteiger partial charge in [0.1, 0.15) is 17.5 Å². The van der Waals surface area contributed by atoms with Crippen LogP contribution in [0.15, 0.2) is 28.8 Å². The second-order valence-corrected chi connectivity index (χ2v) is 8.78. The first kappa shape index (κ1) is 22.7. The zero-order chi connectivity index (χ0) is 22.5. The summed E-state index contributed by atoms with van der Waals surface area (Å²) in [7, 11) is 3.49. The average molecular weight is 439 g/mol. The summed E-state index contributed by atoms with van der Waals surface area (Å²) in [6, 6.07) is 7.24. The van der Waals surface area contributed by atoms with Crippen molar-refractivity contribution < 1.29 is 9.47 Å². The first-order valence-electron chi connectivity index (χ1n) is 11.6. The quantitative estimate of drug-likeness (QED) is 0.398. The molecule has 1 aromatic heterocycles. The van der Waals surface area contributed by atoms with Crippen LogP contribution >= 0.6 is 0 Å². The largest absolute Gasteiger partial charge is 0.378 e. The molecule has 0 aliphatic carbocycles. The van der Waals surface area contributed by atoms with Crippen LogP contribution in [0.4, 0.5) is 11.6 Å². The molecule has 0 aromatic carbocycles. The van der Waals surface area contributed by atoms with Crippen molar-refractivity contribution in [2.45, 2.75) is 44.2 Å². The Kier molecular flexibility index (Phi) is 7.40. The number of pyridine rings is 1. The van der Waals surface area contributed by atoms with Crippen LogP contribution in [0.3, 0.4) is 0 Å². The van der Waals surface area contributed by atoms with Gasteiger partial charge in [0.25, 0.3) is 0 Å². The molecule has 3 fully saturated rings. The third-order valence-electron chi connectivity index (χ3n) is 6.81. The first-order chi connectivity index (χ1) is 15.6. The van der Waals surface area contributed by atoms with Crippen molar-refractivity contribution in [3.05, 3.63) is 29.3 Å². The maximum Gasteiger partial charge on any atom is 0.134 e. The number of likely N-dealkylation sites (tertiary alicyclic amines) is 1. The first-order valence-corrected chi connectivity index (χ1v) is 11.6. The van der Waals surface area contributed by atoms with Crippen LogP contribution in [0, 0.1) is 11.3 Å². The number of aliphatic imine (C=N–C) groups is 1.